The lowest BCUT2D eigenvalue weighted by molar-refractivity contribution is -0.142. The number of carbonyl (C=O) groups is 2. The monoisotopic (exact) mass is 576 g/mol. The molecule has 3 aromatic heterocycles. The summed E-state index contributed by atoms with van der Waals surface area (Å²) in [5, 5.41) is 14.4. The SMILES string of the molecule is O=C(Nc1nc(C2CCCN2c2ccc(OC3CN(C(=O)CO)C3)cc2)cs1)c1cccn1Cc1ccnc(F)c1. The molecule has 5 heterocycles. The van der Waals surface area contributed by atoms with Crippen LogP contribution >= 0.6 is 11.3 Å². The third-order valence-electron chi connectivity index (χ3n) is 7.35. The molecule has 1 aromatic carbocycles. The van der Waals surface area contributed by atoms with Gasteiger partial charge in [0.2, 0.25) is 11.9 Å². The number of hydrogen-bond donors (Lipinski definition) is 2. The molecular formula is C29H29FN6O4S. The first-order valence-corrected chi connectivity index (χ1v) is 14.3. The van der Waals surface area contributed by atoms with Crippen molar-refractivity contribution in [1.82, 2.24) is 19.4 Å². The average Bonchev–Trinajstić information content (AvgIpc) is 3.72. The smallest absolute Gasteiger partial charge is 0.274 e. The Morgan fingerprint density at radius 3 is 2.78 bits per heavy atom. The van der Waals surface area contributed by atoms with Gasteiger partial charge in [-0.2, -0.15) is 4.39 Å². The van der Waals surface area contributed by atoms with E-state index in [1.165, 1.54) is 23.6 Å². The number of anilines is 2. The van der Waals surface area contributed by atoms with E-state index < -0.39 is 12.6 Å². The molecule has 41 heavy (non-hydrogen) atoms. The number of nitrogens with zero attached hydrogens (tertiary/aromatic N) is 5. The predicted octanol–water partition coefficient (Wildman–Crippen LogP) is 3.70. The molecule has 212 valence electrons. The van der Waals surface area contributed by atoms with Crippen molar-refractivity contribution in [3.05, 3.63) is 89.2 Å². The van der Waals surface area contributed by atoms with Crippen LogP contribution < -0.4 is 15.0 Å². The topological polar surface area (TPSA) is 113 Å². The summed E-state index contributed by atoms with van der Waals surface area (Å²) < 4.78 is 21.2. The number of likely N-dealkylation sites (tertiary alicyclic amines) is 1. The molecule has 2 amide bonds. The number of hydrogen-bond acceptors (Lipinski definition) is 8. The number of aliphatic hydroxyl groups is 1. The third kappa shape index (κ3) is 5.93. The summed E-state index contributed by atoms with van der Waals surface area (Å²) in [6.45, 7) is 1.73. The zero-order valence-corrected chi connectivity index (χ0v) is 23.0. The summed E-state index contributed by atoms with van der Waals surface area (Å²) in [7, 11) is 0. The zero-order chi connectivity index (χ0) is 28.3. The van der Waals surface area contributed by atoms with Gasteiger partial charge in [-0.15, -0.1) is 11.3 Å². The first kappa shape index (κ1) is 26.9. The summed E-state index contributed by atoms with van der Waals surface area (Å²) in [6.07, 6.45) is 5.11. The van der Waals surface area contributed by atoms with E-state index >= 15 is 0 Å². The molecule has 2 N–H and O–H groups in total. The van der Waals surface area contributed by atoms with Gasteiger partial charge in [-0.1, -0.05) is 0 Å². The predicted molar refractivity (Wildman–Crippen MR) is 152 cm³/mol. The van der Waals surface area contributed by atoms with Crippen LogP contribution in [-0.2, 0) is 11.3 Å². The highest BCUT2D eigenvalue weighted by Gasteiger charge is 2.32. The molecule has 0 aliphatic carbocycles. The first-order chi connectivity index (χ1) is 20.0. The van der Waals surface area contributed by atoms with Gasteiger partial charge in [-0.05, 0) is 66.9 Å². The fourth-order valence-corrected chi connectivity index (χ4v) is 6.01. The van der Waals surface area contributed by atoms with Crippen molar-refractivity contribution >= 4 is 34.0 Å². The van der Waals surface area contributed by atoms with Gasteiger partial charge >= 0.3 is 0 Å². The third-order valence-corrected chi connectivity index (χ3v) is 8.13. The van der Waals surface area contributed by atoms with Crippen LogP contribution in [0.2, 0.25) is 0 Å². The Labute approximate surface area is 240 Å². The lowest BCUT2D eigenvalue weighted by atomic mass is 10.1. The number of aliphatic hydroxyl groups excluding tert-OH is 1. The zero-order valence-electron chi connectivity index (χ0n) is 22.1. The van der Waals surface area contributed by atoms with Crippen molar-refractivity contribution in [2.75, 3.05) is 36.5 Å². The van der Waals surface area contributed by atoms with Gasteiger partial charge in [-0.25, -0.2) is 9.97 Å². The Bertz CT molecular complexity index is 1530. The highest BCUT2D eigenvalue weighted by molar-refractivity contribution is 7.14. The molecule has 2 aliphatic heterocycles. The van der Waals surface area contributed by atoms with Gasteiger partial charge in [0, 0.05) is 36.6 Å². The maximum atomic E-state index is 13.5. The lowest BCUT2D eigenvalue weighted by Crippen LogP contribution is -2.56. The Hall–Kier alpha value is -4.29. The van der Waals surface area contributed by atoms with Gasteiger partial charge in [0.15, 0.2) is 5.13 Å². The van der Waals surface area contributed by atoms with E-state index in [0.717, 1.165) is 36.5 Å². The average molecular weight is 577 g/mol. The molecule has 0 bridgehead atoms. The van der Waals surface area contributed by atoms with E-state index in [9.17, 15) is 14.0 Å². The minimum Gasteiger partial charge on any atom is -0.487 e. The second kappa shape index (κ2) is 11.7. The van der Waals surface area contributed by atoms with Crippen LogP contribution in [0.25, 0.3) is 0 Å². The van der Waals surface area contributed by atoms with Crippen molar-refractivity contribution < 1.29 is 23.8 Å². The Morgan fingerprint density at radius 2 is 2.00 bits per heavy atom. The highest BCUT2D eigenvalue weighted by atomic mass is 32.1. The molecular weight excluding hydrogens is 547 g/mol. The van der Waals surface area contributed by atoms with Crippen LogP contribution in [0.15, 0.2) is 66.3 Å². The number of pyridine rings is 1. The maximum Gasteiger partial charge on any atom is 0.274 e. The fourth-order valence-electron chi connectivity index (χ4n) is 5.26. The van der Waals surface area contributed by atoms with E-state index in [0.29, 0.717) is 36.0 Å². The van der Waals surface area contributed by atoms with Gasteiger partial charge in [0.1, 0.15) is 24.2 Å². The van der Waals surface area contributed by atoms with Crippen molar-refractivity contribution in [3.63, 3.8) is 0 Å². The molecule has 2 aliphatic rings. The van der Waals surface area contributed by atoms with Crippen molar-refractivity contribution in [2.45, 2.75) is 31.5 Å². The normalized spacial score (nSPS) is 17.0. The second-order valence-corrected chi connectivity index (χ2v) is 10.9. The van der Waals surface area contributed by atoms with Gasteiger partial charge in [0.05, 0.1) is 24.8 Å². The highest BCUT2D eigenvalue weighted by Crippen LogP contribution is 2.38. The first-order valence-electron chi connectivity index (χ1n) is 13.4. The van der Waals surface area contributed by atoms with E-state index in [2.05, 4.69) is 15.2 Å². The van der Waals surface area contributed by atoms with Crippen molar-refractivity contribution in [2.24, 2.45) is 0 Å². The Balaban J connectivity index is 1.07. The number of ether oxygens (including phenoxy) is 1. The van der Waals surface area contributed by atoms with Gasteiger partial charge in [0.25, 0.3) is 5.91 Å². The van der Waals surface area contributed by atoms with E-state index in [4.69, 9.17) is 14.8 Å². The van der Waals surface area contributed by atoms with Crippen LogP contribution in [0.3, 0.4) is 0 Å². The molecule has 0 radical (unpaired) electrons. The minimum absolute atomic E-state index is 0.0685. The van der Waals surface area contributed by atoms with E-state index in [-0.39, 0.29) is 24.0 Å². The summed E-state index contributed by atoms with van der Waals surface area (Å²) in [6, 6.07) is 14.6. The number of nitrogens with one attached hydrogen (secondary N) is 1. The molecule has 2 saturated heterocycles. The van der Waals surface area contributed by atoms with Crippen LogP contribution in [0.5, 0.6) is 5.75 Å². The molecule has 1 unspecified atom stereocenters. The number of benzene rings is 1. The van der Waals surface area contributed by atoms with Crippen molar-refractivity contribution in [1.29, 1.82) is 0 Å². The van der Waals surface area contributed by atoms with E-state index in [1.54, 1.807) is 33.9 Å². The van der Waals surface area contributed by atoms with Crippen LogP contribution in [0, 0.1) is 5.95 Å². The number of rotatable bonds is 9. The molecule has 4 aromatic rings. The van der Waals surface area contributed by atoms with Crippen LogP contribution in [0.1, 0.15) is 40.6 Å². The molecule has 0 spiro atoms. The maximum absolute atomic E-state index is 13.5. The van der Waals surface area contributed by atoms with E-state index in [1.807, 2.05) is 29.6 Å². The lowest BCUT2D eigenvalue weighted by Gasteiger charge is -2.38. The summed E-state index contributed by atoms with van der Waals surface area (Å²) in [5.74, 6) is -0.374. The number of aromatic nitrogens is 3. The Kier molecular flexibility index (Phi) is 7.66. The largest absolute Gasteiger partial charge is 0.487 e. The van der Waals surface area contributed by atoms with Gasteiger partial charge in [-0.3, -0.25) is 14.9 Å². The Morgan fingerprint density at radius 1 is 1.17 bits per heavy atom. The number of thiazole rings is 1. The number of halogens is 1. The molecule has 2 fully saturated rings. The number of carbonyl (C=O) groups excluding carboxylic acids is 2. The second-order valence-electron chi connectivity index (χ2n) is 10.1. The molecule has 12 heteroatoms. The molecule has 1 atom stereocenters. The summed E-state index contributed by atoms with van der Waals surface area (Å²) in [5.41, 5.74) is 3.14. The van der Waals surface area contributed by atoms with Gasteiger partial charge < -0.3 is 24.2 Å². The standard InChI is InChI=1S/C29H29FN6O4S/c30-26-13-19(9-10-31-26)14-34-11-1-4-25(34)28(39)33-29-32-23(18-41-29)24-3-2-12-36(24)20-5-7-21(8-6-20)40-22-15-35(16-22)27(38)17-37/h1,4-11,13,18,22,24,37H,2-3,12,14-17H2,(H,32,33,39). The van der Waals surface area contributed by atoms with Crippen molar-refractivity contribution in [3.8, 4) is 5.75 Å². The van der Waals surface area contributed by atoms with Crippen LogP contribution in [0.4, 0.5) is 15.2 Å². The summed E-state index contributed by atoms with van der Waals surface area (Å²) in [4.78, 5) is 36.8. The summed E-state index contributed by atoms with van der Waals surface area (Å²) >= 11 is 1.39. The minimum atomic E-state index is -0.556. The van der Waals surface area contributed by atoms with Crippen LogP contribution in [-0.4, -0.2) is 68.7 Å². The molecule has 10 nitrogen and oxygen atoms in total. The fraction of sp³-hybridized carbons (Fsp3) is 0.310. The molecule has 6 rings (SSSR count). The number of amides is 2. The molecule has 0 saturated carbocycles. The quantitative estimate of drug-likeness (QED) is 0.292.